The van der Waals surface area contributed by atoms with Crippen molar-refractivity contribution < 1.29 is 8.85 Å². The third-order valence-electron chi connectivity index (χ3n) is 2.55. The summed E-state index contributed by atoms with van der Waals surface area (Å²) in [5, 5.41) is 0. The number of hydrogen-bond donors (Lipinski definition) is 0. The molecule has 18 heavy (non-hydrogen) atoms. The summed E-state index contributed by atoms with van der Waals surface area (Å²) in [5.41, 5.74) is 0. The third-order valence-corrected chi connectivity index (χ3v) is 4.71. The summed E-state index contributed by atoms with van der Waals surface area (Å²) in [5.74, 6) is 1.63. The molecule has 0 heterocycles. The van der Waals surface area contributed by atoms with Gasteiger partial charge in [0.05, 0.1) is 0 Å². The summed E-state index contributed by atoms with van der Waals surface area (Å²) in [6, 6.07) is 7.91. The quantitative estimate of drug-likeness (QED) is 0.518. The van der Waals surface area contributed by atoms with Crippen molar-refractivity contribution >= 4 is 24.5 Å². The summed E-state index contributed by atoms with van der Waals surface area (Å²) in [4.78, 5) is 0. The van der Waals surface area contributed by atoms with Crippen LogP contribution in [0.2, 0.25) is 13.1 Å². The Labute approximate surface area is 120 Å². The van der Waals surface area contributed by atoms with Crippen molar-refractivity contribution in [2.45, 2.75) is 39.8 Å². The Balaban J connectivity index is 2.36. The van der Waals surface area contributed by atoms with E-state index in [2.05, 4.69) is 42.9 Å². The molecule has 0 aromatic heterocycles. The van der Waals surface area contributed by atoms with Crippen LogP contribution in [0.4, 0.5) is 0 Å². The maximum absolute atomic E-state index is 5.96. The van der Waals surface area contributed by atoms with E-state index in [0.29, 0.717) is 0 Å². The highest BCUT2D eigenvalue weighted by Crippen LogP contribution is 2.20. The van der Waals surface area contributed by atoms with Crippen LogP contribution in [0.5, 0.6) is 5.75 Å². The van der Waals surface area contributed by atoms with Gasteiger partial charge in [-0.15, -0.1) is 0 Å². The van der Waals surface area contributed by atoms with Gasteiger partial charge in [-0.3, -0.25) is 0 Å². The molecule has 1 rings (SSSR count). The van der Waals surface area contributed by atoms with Crippen molar-refractivity contribution in [1.82, 2.24) is 0 Å². The molecule has 0 bridgehead atoms. The highest BCUT2D eigenvalue weighted by Gasteiger charge is 2.26. The van der Waals surface area contributed by atoms with Gasteiger partial charge in [0.25, 0.3) is 0 Å². The number of rotatable bonds is 7. The van der Waals surface area contributed by atoms with Crippen LogP contribution in [-0.4, -0.2) is 15.2 Å². The van der Waals surface area contributed by atoms with Gasteiger partial charge in [-0.1, -0.05) is 29.8 Å². The fourth-order valence-electron chi connectivity index (χ4n) is 1.63. The first-order valence-corrected chi connectivity index (χ1v) is 10.1. The van der Waals surface area contributed by atoms with Crippen LogP contribution in [0.25, 0.3) is 0 Å². The molecule has 1 aromatic carbocycles. The van der Waals surface area contributed by atoms with Gasteiger partial charge in [-0.25, -0.2) is 0 Å². The Morgan fingerprint density at radius 1 is 1.17 bits per heavy atom. The van der Waals surface area contributed by atoms with Crippen molar-refractivity contribution in [3.63, 3.8) is 0 Å². The second kappa shape index (κ2) is 7.31. The predicted molar refractivity (Wildman–Crippen MR) is 82.3 cm³/mol. The Morgan fingerprint density at radius 2 is 1.78 bits per heavy atom. The van der Waals surface area contributed by atoms with Crippen molar-refractivity contribution in [1.29, 1.82) is 0 Å². The average molecular weight is 331 g/mol. The molecule has 0 aliphatic rings. The van der Waals surface area contributed by atoms with Crippen molar-refractivity contribution in [3.05, 3.63) is 28.7 Å². The zero-order valence-electron chi connectivity index (χ0n) is 11.7. The first-order valence-electron chi connectivity index (χ1n) is 6.47. The smallest absolute Gasteiger partial charge is 0.392 e. The first kappa shape index (κ1) is 15.7. The lowest BCUT2D eigenvalue weighted by atomic mass is 10.1. The minimum Gasteiger partial charge on any atom is -0.520 e. The lowest BCUT2D eigenvalue weighted by Gasteiger charge is -2.24. The number of halogens is 1. The van der Waals surface area contributed by atoms with Crippen LogP contribution in [0.15, 0.2) is 28.7 Å². The molecule has 0 aliphatic carbocycles. The molecule has 0 radical (unpaired) electrons. The molecular formula is C14H23BrO2Si. The highest BCUT2D eigenvalue weighted by atomic mass is 79.9. The van der Waals surface area contributed by atoms with E-state index in [-0.39, 0.29) is 0 Å². The Morgan fingerprint density at radius 3 is 2.33 bits per heavy atom. The standard InChI is InChI=1S/C14H23BrO2Si/c1-12(2)6-5-11-16-18(3,4)17-14-9-7-13(15)8-10-14/h7-10,12H,5-6,11H2,1-4H3. The minimum atomic E-state index is -2.05. The molecular weight excluding hydrogens is 308 g/mol. The fourth-order valence-corrected chi connectivity index (χ4v) is 3.29. The van der Waals surface area contributed by atoms with E-state index in [9.17, 15) is 0 Å². The molecule has 0 fully saturated rings. The van der Waals surface area contributed by atoms with E-state index < -0.39 is 8.56 Å². The fraction of sp³-hybridized carbons (Fsp3) is 0.571. The second-order valence-electron chi connectivity index (χ2n) is 5.34. The van der Waals surface area contributed by atoms with Crippen LogP contribution in [-0.2, 0) is 4.43 Å². The predicted octanol–water partition coefficient (Wildman–Crippen LogP) is 4.98. The van der Waals surface area contributed by atoms with Crippen molar-refractivity contribution in [2.75, 3.05) is 6.61 Å². The van der Waals surface area contributed by atoms with Crippen LogP contribution < -0.4 is 4.43 Å². The molecule has 102 valence electrons. The van der Waals surface area contributed by atoms with E-state index >= 15 is 0 Å². The van der Waals surface area contributed by atoms with Gasteiger partial charge < -0.3 is 8.85 Å². The largest absolute Gasteiger partial charge is 0.520 e. The van der Waals surface area contributed by atoms with Crippen LogP contribution >= 0.6 is 15.9 Å². The summed E-state index contributed by atoms with van der Waals surface area (Å²) >= 11 is 3.41. The maximum atomic E-state index is 5.96. The normalized spacial score (nSPS) is 11.9. The summed E-state index contributed by atoms with van der Waals surface area (Å²) < 4.78 is 12.9. The lowest BCUT2D eigenvalue weighted by Crippen LogP contribution is -2.38. The van der Waals surface area contributed by atoms with Gasteiger partial charge in [-0.05, 0) is 56.1 Å². The third kappa shape index (κ3) is 6.57. The molecule has 0 saturated heterocycles. The molecule has 0 amide bonds. The SMILES string of the molecule is CC(C)CCCO[Si](C)(C)Oc1ccc(Br)cc1. The molecule has 0 atom stereocenters. The second-order valence-corrected chi connectivity index (χ2v) is 9.55. The summed E-state index contributed by atoms with van der Waals surface area (Å²) in [7, 11) is -2.05. The van der Waals surface area contributed by atoms with E-state index in [1.165, 1.54) is 6.42 Å². The number of hydrogen-bond acceptors (Lipinski definition) is 2. The average Bonchev–Trinajstić information content (AvgIpc) is 2.27. The van der Waals surface area contributed by atoms with Crippen LogP contribution in [0.3, 0.4) is 0 Å². The zero-order chi connectivity index (χ0) is 13.6. The van der Waals surface area contributed by atoms with E-state index in [0.717, 1.165) is 29.2 Å². The summed E-state index contributed by atoms with van der Waals surface area (Å²) in [6.45, 7) is 9.45. The first-order chi connectivity index (χ1) is 8.39. The van der Waals surface area contributed by atoms with Gasteiger partial charge in [0.15, 0.2) is 0 Å². The Kier molecular flexibility index (Phi) is 6.39. The Bertz CT molecular complexity index is 349. The van der Waals surface area contributed by atoms with Crippen LogP contribution in [0.1, 0.15) is 26.7 Å². The van der Waals surface area contributed by atoms with E-state index in [4.69, 9.17) is 8.85 Å². The molecule has 0 saturated carbocycles. The molecule has 0 N–H and O–H groups in total. The van der Waals surface area contributed by atoms with Crippen molar-refractivity contribution in [3.8, 4) is 5.75 Å². The van der Waals surface area contributed by atoms with Gasteiger partial charge in [0.1, 0.15) is 5.75 Å². The van der Waals surface area contributed by atoms with E-state index in [1.54, 1.807) is 0 Å². The summed E-state index contributed by atoms with van der Waals surface area (Å²) in [6.07, 6.45) is 2.32. The van der Waals surface area contributed by atoms with Gasteiger partial charge in [0.2, 0.25) is 0 Å². The monoisotopic (exact) mass is 330 g/mol. The molecule has 4 heteroatoms. The molecule has 1 aromatic rings. The molecule has 0 unspecified atom stereocenters. The van der Waals surface area contributed by atoms with Gasteiger partial charge in [0, 0.05) is 11.1 Å². The molecule has 0 aliphatic heterocycles. The zero-order valence-corrected chi connectivity index (χ0v) is 14.3. The Hall–Kier alpha value is -0.323. The topological polar surface area (TPSA) is 18.5 Å². The highest BCUT2D eigenvalue weighted by molar-refractivity contribution is 9.10. The van der Waals surface area contributed by atoms with Crippen LogP contribution in [0, 0.1) is 5.92 Å². The maximum Gasteiger partial charge on any atom is 0.392 e. The van der Waals surface area contributed by atoms with Crippen molar-refractivity contribution in [2.24, 2.45) is 5.92 Å². The number of benzene rings is 1. The van der Waals surface area contributed by atoms with Gasteiger partial charge >= 0.3 is 8.56 Å². The lowest BCUT2D eigenvalue weighted by molar-refractivity contribution is 0.237. The van der Waals surface area contributed by atoms with E-state index in [1.807, 2.05) is 24.3 Å². The molecule has 2 nitrogen and oxygen atoms in total. The minimum absolute atomic E-state index is 0.741. The molecule has 0 spiro atoms. The van der Waals surface area contributed by atoms with Gasteiger partial charge in [-0.2, -0.15) is 0 Å².